The van der Waals surface area contributed by atoms with E-state index in [1.54, 1.807) is 0 Å². The molecule has 0 spiro atoms. The van der Waals surface area contributed by atoms with Gasteiger partial charge in [0.1, 0.15) is 0 Å². The lowest BCUT2D eigenvalue weighted by Gasteiger charge is -2.06. The molecule has 0 saturated carbocycles. The Kier molecular flexibility index (Phi) is 4.69. The summed E-state index contributed by atoms with van der Waals surface area (Å²) in [5.74, 6) is -2.47. The molecule has 0 aliphatic rings. The molecule has 1 aromatic rings. The highest BCUT2D eigenvalue weighted by molar-refractivity contribution is 5.68. The Morgan fingerprint density at radius 1 is 1.38 bits per heavy atom. The van der Waals surface area contributed by atoms with E-state index in [0.29, 0.717) is 6.42 Å². The molecule has 1 rings (SSSR count). The maximum Gasteiger partial charge on any atom is 0.305 e. The van der Waals surface area contributed by atoms with Crippen molar-refractivity contribution in [2.75, 3.05) is 13.7 Å². The van der Waals surface area contributed by atoms with Crippen molar-refractivity contribution in [1.29, 1.82) is 0 Å². The van der Waals surface area contributed by atoms with Gasteiger partial charge in [-0.3, -0.25) is 4.79 Å². The summed E-state index contributed by atoms with van der Waals surface area (Å²) >= 11 is 0. The monoisotopic (exact) mass is 230 g/mol. The van der Waals surface area contributed by atoms with Crippen LogP contribution in [0.25, 0.3) is 0 Å². The van der Waals surface area contributed by atoms with E-state index in [2.05, 4.69) is 4.74 Å². The van der Waals surface area contributed by atoms with Crippen molar-refractivity contribution in [3.8, 4) is 5.75 Å². The molecule has 0 aromatic heterocycles. The van der Waals surface area contributed by atoms with Crippen molar-refractivity contribution in [3.05, 3.63) is 29.8 Å². The molecule has 0 radical (unpaired) electrons. The minimum Gasteiger partial charge on any atom is -0.490 e. The quantitative estimate of drug-likeness (QED) is 0.575. The molecule has 3 nitrogen and oxygen atoms in total. The van der Waals surface area contributed by atoms with Crippen LogP contribution in [0.2, 0.25) is 0 Å². The third-order valence-corrected chi connectivity index (χ3v) is 1.93. The van der Waals surface area contributed by atoms with Crippen LogP contribution in [0.1, 0.15) is 12.8 Å². The number of benzene rings is 1. The number of carbonyl (C=O) groups excluding carboxylic acids is 1. The van der Waals surface area contributed by atoms with Crippen molar-refractivity contribution in [1.82, 2.24) is 0 Å². The zero-order valence-corrected chi connectivity index (χ0v) is 8.83. The van der Waals surface area contributed by atoms with Crippen LogP contribution in [0.3, 0.4) is 0 Å². The molecule has 0 atom stereocenters. The van der Waals surface area contributed by atoms with Crippen molar-refractivity contribution in [2.24, 2.45) is 0 Å². The molecule has 0 unspecified atom stereocenters. The zero-order valence-electron chi connectivity index (χ0n) is 8.83. The summed E-state index contributed by atoms with van der Waals surface area (Å²) in [6.07, 6.45) is 0.579. The Labute approximate surface area is 92.0 Å². The number of hydrogen-bond acceptors (Lipinski definition) is 3. The van der Waals surface area contributed by atoms with Crippen LogP contribution < -0.4 is 4.74 Å². The van der Waals surface area contributed by atoms with Gasteiger partial charge in [0, 0.05) is 6.42 Å². The Bertz CT molecular complexity index is 366. The smallest absolute Gasteiger partial charge is 0.305 e. The second-order valence-corrected chi connectivity index (χ2v) is 3.08. The van der Waals surface area contributed by atoms with Crippen LogP contribution in [-0.2, 0) is 9.53 Å². The minimum absolute atomic E-state index is 0.134. The van der Waals surface area contributed by atoms with Crippen LogP contribution in [0.4, 0.5) is 8.78 Å². The van der Waals surface area contributed by atoms with Gasteiger partial charge >= 0.3 is 5.97 Å². The van der Waals surface area contributed by atoms with Gasteiger partial charge in [0.15, 0.2) is 11.6 Å². The third-order valence-electron chi connectivity index (χ3n) is 1.93. The fraction of sp³-hybridized carbons (Fsp3) is 0.364. The lowest BCUT2D eigenvalue weighted by molar-refractivity contribution is -0.140. The van der Waals surface area contributed by atoms with Gasteiger partial charge in [-0.2, -0.15) is 4.39 Å². The Morgan fingerprint density at radius 2 is 2.12 bits per heavy atom. The average molecular weight is 230 g/mol. The number of esters is 1. The molecule has 5 heteroatoms. The van der Waals surface area contributed by atoms with E-state index in [4.69, 9.17) is 4.74 Å². The van der Waals surface area contributed by atoms with E-state index in [0.717, 1.165) is 6.07 Å². The molecule has 88 valence electrons. The summed E-state index contributed by atoms with van der Waals surface area (Å²) in [7, 11) is 1.29. The molecule has 0 amide bonds. The van der Waals surface area contributed by atoms with Gasteiger partial charge < -0.3 is 9.47 Å². The van der Waals surface area contributed by atoms with Gasteiger partial charge in [-0.05, 0) is 18.6 Å². The summed E-state index contributed by atoms with van der Waals surface area (Å²) in [6, 6.07) is 3.70. The van der Waals surface area contributed by atoms with Crippen LogP contribution in [0.5, 0.6) is 5.75 Å². The fourth-order valence-electron chi connectivity index (χ4n) is 1.10. The molecule has 1 aromatic carbocycles. The maximum absolute atomic E-state index is 13.1. The van der Waals surface area contributed by atoms with Crippen molar-refractivity contribution in [3.63, 3.8) is 0 Å². The predicted octanol–water partition coefficient (Wildman–Crippen LogP) is 2.30. The lowest BCUT2D eigenvalue weighted by Crippen LogP contribution is -2.05. The first-order valence-electron chi connectivity index (χ1n) is 4.78. The summed E-state index contributed by atoms with van der Waals surface area (Å²) in [5, 5.41) is 0. The van der Waals surface area contributed by atoms with Crippen LogP contribution >= 0.6 is 0 Å². The molecule has 0 heterocycles. The molecular formula is C11H12F2O3. The molecular weight excluding hydrogens is 218 g/mol. The molecule has 0 N–H and O–H groups in total. The Balaban J connectivity index is 2.38. The Hall–Kier alpha value is -1.65. The van der Waals surface area contributed by atoms with E-state index in [-0.39, 0.29) is 24.7 Å². The normalized spacial score (nSPS) is 9.94. The standard InChI is InChI=1S/C11H12F2O3/c1-15-10(14)6-3-7-16-9-5-2-4-8(12)11(9)13/h2,4-5H,3,6-7H2,1H3. The highest BCUT2D eigenvalue weighted by atomic mass is 19.2. The summed E-state index contributed by atoms with van der Waals surface area (Å²) in [6.45, 7) is 0.134. The molecule has 16 heavy (non-hydrogen) atoms. The second kappa shape index (κ2) is 6.05. The van der Waals surface area contributed by atoms with E-state index in [1.165, 1.54) is 19.2 Å². The number of halogens is 2. The first-order valence-corrected chi connectivity index (χ1v) is 4.78. The van der Waals surface area contributed by atoms with Crippen LogP contribution in [-0.4, -0.2) is 19.7 Å². The highest BCUT2D eigenvalue weighted by Crippen LogP contribution is 2.19. The minimum atomic E-state index is -1.01. The van der Waals surface area contributed by atoms with Gasteiger partial charge in [-0.15, -0.1) is 0 Å². The highest BCUT2D eigenvalue weighted by Gasteiger charge is 2.08. The average Bonchev–Trinajstić information content (AvgIpc) is 2.29. The van der Waals surface area contributed by atoms with Gasteiger partial charge in [0.2, 0.25) is 5.82 Å². The van der Waals surface area contributed by atoms with E-state index >= 15 is 0 Å². The van der Waals surface area contributed by atoms with Gasteiger partial charge in [-0.25, -0.2) is 4.39 Å². The number of methoxy groups -OCH3 is 1. The summed E-state index contributed by atoms with van der Waals surface area (Å²) < 4.78 is 35.2. The van der Waals surface area contributed by atoms with Gasteiger partial charge in [-0.1, -0.05) is 6.07 Å². The third kappa shape index (κ3) is 3.49. The van der Waals surface area contributed by atoms with Gasteiger partial charge in [0.25, 0.3) is 0 Å². The van der Waals surface area contributed by atoms with Crippen LogP contribution in [0, 0.1) is 11.6 Å². The number of hydrogen-bond donors (Lipinski definition) is 0. The summed E-state index contributed by atoms with van der Waals surface area (Å²) in [5.41, 5.74) is 0. The van der Waals surface area contributed by atoms with Crippen molar-refractivity contribution >= 4 is 5.97 Å². The van der Waals surface area contributed by atoms with Crippen molar-refractivity contribution in [2.45, 2.75) is 12.8 Å². The molecule has 0 aliphatic carbocycles. The zero-order chi connectivity index (χ0) is 12.0. The van der Waals surface area contributed by atoms with E-state index in [1.807, 2.05) is 0 Å². The van der Waals surface area contributed by atoms with Gasteiger partial charge in [0.05, 0.1) is 13.7 Å². The maximum atomic E-state index is 13.1. The second-order valence-electron chi connectivity index (χ2n) is 3.08. The Morgan fingerprint density at radius 3 is 2.81 bits per heavy atom. The van der Waals surface area contributed by atoms with E-state index in [9.17, 15) is 13.6 Å². The van der Waals surface area contributed by atoms with E-state index < -0.39 is 11.6 Å². The fourth-order valence-corrected chi connectivity index (χ4v) is 1.10. The first-order chi connectivity index (χ1) is 7.65. The number of rotatable bonds is 5. The lowest BCUT2D eigenvalue weighted by atomic mass is 10.3. The predicted molar refractivity (Wildman–Crippen MR) is 53.1 cm³/mol. The van der Waals surface area contributed by atoms with Crippen molar-refractivity contribution < 1.29 is 23.0 Å². The van der Waals surface area contributed by atoms with Crippen LogP contribution in [0.15, 0.2) is 18.2 Å². The largest absolute Gasteiger partial charge is 0.490 e. The number of ether oxygens (including phenoxy) is 2. The molecule has 0 fully saturated rings. The summed E-state index contributed by atoms with van der Waals surface area (Å²) in [4.78, 5) is 10.7. The first kappa shape index (κ1) is 12.4. The molecule has 0 saturated heterocycles. The molecule has 0 aliphatic heterocycles. The topological polar surface area (TPSA) is 35.5 Å². The number of carbonyl (C=O) groups is 1. The molecule has 0 bridgehead atoms. The SMILES string of the molecule is COC(=O)CCCOc1cccc(F)c1F.